The number of rotatable bonds is 7. The topological polar surface area (TPSA) is 43.8 Å². The van der Waals surface area contributed by atoms with Crippen LogP contribution < -0.4 is 0 Å². The van der Waals surface area contributed by atoms with E-state index in [0.29, 0.717) is 44.2 Å². The van der Waals surface area contributed by atoms with Crippen molar-refractivity contribution in [3.8, 4) is 0 Å². The normalized spacial score (nSPS) is 19.7. The molecule has 2 fully saturated rings. The van der Waals surface area contributed by atoms with E-state index in [4.69, 9.17) is 0 Å². The fraction of sp³-hybridized carbons (Fsp3) is 0.588. The minimum absolute atomic E-state index is 0.0894. The molecule has 1 saturated heterocycles. The van der Waals surface area contributed by atoms with Crippen LogP contribution in [0.5, 0.6) is 0 Å². The van der Waals surface area contributed by atoms with Crippen LogP contribution in [0.1, 0.15) is 31.2 Å². The van der Waals surface area contributed by atoms with Crippen molar-refractivity contribution < 1.29 is 18.7 Å². The number of nitrogens with zero attached hydrogens (tertiary/aromatic N) is 2. The monoisotopic (exact) mass is 324 g/mol. The Morgan fingerprint density at radius 1 is 1.35 bits per heavy atom. The van der Waals surface area contributed by atoms with Crippen molar-refractivity contribution in [1.29, 1.82) is 0 Å². The highest BCUT2D eigenvalue weighted by molar-refractivity contribution is 5.78. The summed E-state index contributed by atoms with van der Waals surface area (Å²) >= 11 is 0. The molecule has 0 radical (unpaired) electrons. The molecule has 1 atom stereocenters. The smallest absolute Gasteiger partial charge is 0.222 e. The second kappa shape index (κ2) is 6.93. The molecular weight excluding hydrogens is 302 g/mol. The van der Waals surface area contributed by atoms with Crippen LogP contribution in [0.2, 0.25) is 0 Å². The average molecular weight is 324 g/mol. The van der Waals surface area contributed by atoms with Gasteiger partial charge in [0.2, 0.25) is 5.91 Å². The highest BCUT2D eigenvalue weighted by atomic mass is 19.1. The van der Waals surface area contributed by atoms with Gasteiger partial charge in [0.15, 0.2) is 0 Å². The zero-order valence-electron chi connectivity index (χ0n) is 13.0. The van der Waals surface area contributed by atoms with Gasteiger partial charge in [-0.25, -0.2) is 8.78 Å². The lowest BCUT2D eigenvalue weighted by Crippen LogP contribution is -2.41. The number of β-amino-alcohol motifs (C(OH)–C–C–N with tert-alkyl or cyclic N) is 1. The summed E-state index contributed by atoms with van der Waals surface area (Å²) in [4.78, 5) is 15.3. The lowest BCUT2D eigenvalue weighted by molar-refractivity contribution is -0.129. The van der Waals surface area contributed by atoms with E-state index in [-0.39, 0.29) is 5.91 Å². The molecule has 4 nitrogen and oxygen atoms in total. The molecule has 1 aliphatic heterocycles. The third kappa shape index (κ3) is 4.26. The molecule has 6 heteroatoms. The maximum absolute atomic E-state index is 13.8. The number of carbonyl (C=O) groups is 1. The largest absolute Gasteiger partial charge is 0.390 e. The number of carbonyl (C=O) groups excluding carboxylic acids is 1. The third-order valence-corrected chi connectivity index (χ3v) is 4.50. The summed E-state index contributed by atoms with van der Waals surface area (Å²) < 4.78 is 26.8. The molecule has 1 heterocycles. The van der Waals surface area contributed by atoms with Crippen LogP contribution in [-0.4, -0.2) is 52.6 Å². The summed E-state index contributed by atoms with van der Waals surface area (Å²) in [6.45, 7) is 1.77. The number of likely N-dealkylation sites (tertiary alicyclic amines) is 1. The van der Waals surface area contributed by atoms with Crippen molar-refractivity contribution in [2.75, 3.05) is 19.6 Å². The second-order valence-corrected chi connectivity index (χ2v) is 6.49. The van der Waals surface area contributed by atoms with E-state index >= 15 is 0 Å². The quantitative estimate of drug-likeness (QED) is 0.833. The first kappa shape index (κ1) is 16.3. The maximum Gasteiger partial charge on any atom is 0.222 e. The Balaban J connectivity index is 1.59. The van der Waals surface area contributed by atoms with E-state index in [2.05, 4.69) is 0 Å². The molecule has 1 unspecified atom stereocenters. The highest BCUT2D eigenvalue weighted by Gasteiger charge is 2.32. The summed E-state index contributed by atoms with van der Waals surface area (Å²) in [7, 11) is 0. The summed E-state index contributed by atoms with van der Waals surface area (Å²) in [6.07, 6.45) is 2.80. The van der Waals surface area contributed by atoms with Gasteiger partial charge in [0.25, 0.3) is 0 Å². The van der Waals surface area contributed by atoms with Crippen molar-refractivity contribution in [1.82, 2.24) is 9.80 Å². The van der Waals surface area contributed by atoms with E-state index in [0.717, 1.165) is 25.3 Å². The molecule has 0 bridgehead atoms. The first-order valence-corrected chi connectivity index (χ1v) is 8.17. The van der Waals surface area contributed by atoms with Gasteiger partial charge in [0.1, 0.15) is 11.6 Å². The van der Waals surface area contributed by atoms with Crippen molar-refractivity contribution in [3.63, 3.8) is 0 Å². The summed E-state index contributed by atoms with van der Waals surface area (Å²) in [6, 6.07) is 3.93. The van der Waals surface area contributed by atoms with Crippen LogP contribution in [0.3, 0.4) is 0 Å². The van der Waals surface area contributed by atoms with Gasteiger partial charge in [0.05, 0.1) is 6.10 Å². The lowest BCUT2D eigenvalue weighted by atomic mass is 10.1. The van der Waals surface area contributed by atoms with Crippen LogP contribution in [-0.2, 0) is 11.3 Å². The molecule has 0 spiro atoms. The zero-order valence-corrected chi connectivity index (χ0v) is 13.0. The summed E-state index contributed by atoms with van der Waals surface area (Å²) in [5.74, 6) is -1.05. The molecule has 0 aromatic heterocycles. The first-order chi connectivity index (χ1) is 11.0. The molecule has 1 aliphatic carbocycles. The average Bonchev–Trinajstić information content (AvgIpc) is 3.26. The molecule has 1 aromatic rings. The van der Waals surface area contributed by atoms with Crippen LogP contribution in [0.15, 0.2) is 18.2 Å². The predicted octanol–water partition coefficient (Wildman–Crippen LogP) is 1.91. The van der Waals surface area contributed by atoms with Crippen LogP contribution in [0.25, 0.3) is 0 Å². The minimum Gasteiger partial charge on any atom is -0.390 e. The Hall–Kier alpha value is -1.53. The third-order valence-electron chi connectivity index (χ3n) is 4.50. The molecule has 1 N–H and O–H groups in total. The van der Waals surface area contributed by atoms with E-state index in [1.807, 2.05) is 4.90 Å². The fourth-order valence-electron chi connectivity index (χ4n) is 3.13. The predicted molar refractivity (Wildman–Crippen MR) is 81.6 cm³/mol. The van der Waals surface area contributed by atoms with Crippen molar-refractivity contribution >= 4 is 5.91 Å². The molecule has 23 heavy (non-hydrogen) atoms. The minimum atomic E-state index is -0.652. The molecule has 3 rings (SSSR count). The number of halogens is 2. The molecule has 1 amide bonds. The zero-order chi connectivity index (χ0) is 16.4. The van der Waals surface area contributed by atoms with Crippen LogP contribution >= 0.6 is 0 Å². The summed E-state index contributed by atoms with van der Waals surface area (Å²) in [5, 5.41) is 10.3. The van der Waals surface area contributed by atoms with Crippen molar-refractivity contribution in [3.05, 3.63) is 35.4 Å². The number of hydrogen-bond acceptors (Lipinski definition) is 3. The van der Waals surface area contributed by atoms with Gasteiger partial charge >= 0.3 is 0 Å². The standard InChI is InChI=1S/C17H22F2N2O2/c18-13-4-3-12(16(19)8-13)9-21(14-5-6-14)11-15(22)10-20-7-1-2-17(20)23/h3-4,8,14-15,22H,1-2,5-7,9-11H2. The van der Waals surface area contributed by atoms with E-state index in [1.54, 1.807) is 4.90 Å². The molecule has 126 valence electrons. The number of aliphatic hydroxyl groups is 1. The Kier molecular flexibility index (Phi) is 4.92. The Bertz CT molecular complexity index is 578. The number of benzene rings is 1. The van der Waals surface area contributed by atoms with E-state index in [9.17, 15) is 18.7 Å². The first-order valence-electron chi connectivity index (χ1n) is 8.17. The van der Waals surface area contributed by atoms with Crippen molar-refractivity contribution in [2.45, 2.75) is 44.4 Å². The lowest BCUT2D eigenvalue weighted by Gasteiger charge is -2.27. The molecule has 2 aliphatic rings. The maximum atomic E-state index is 13.8. The van der Waals surface area contributed by atoms with Gasteiger partial charge in [-0.1, -0.05) is 6.07 Å². The Morgan fingerprint density at radius 2 is 2.13 bits per heavy atom. The number of amides is 1. The molecular formula is C17H22F2N2O2. The summed E-state index contributed by atoms with van der Waals surface area (Å²) in [5.41, 5.74) is 0.433. The van der Waals surface area contributed by atoms with Gasteiger partial charge in [-0.2, -0.15) is 0 Å². The Morgan fingerprint density at radius 3 is 2.74 bits per heavy atom. The Labute approximate surface area is 134 Å². The van der Waals surface area contributed by atoms with Gasteiger partial charge in [-0.3, -0.25) is 9.69 Å². The fourth-order valence-corrected chi connectivity index (χ4v) is 3.13. The number of hydrogen-bond donors (Lipinski definition) is 1. The highest BCUT2D eigenvalue weighted by Crippen LogP contribution is 2.29. The second-order valence-electron chi connectivity index (χ2n) is 6.49. The SMILES string of the molecule is O=C1CCCN1CC(O)CN(Cc1ccc(F)cc1F)C1CC1. The van der Waals surface area contributed by atoms with Crippen LogP contribution in [0, 0.1) is 11.6 Å². The van der Waals surface area contributed by atoms with Gasteiger partial charge in [-0.15, -0.1) is 0 Å². The van der Waals surface area contributed by atoms with Crippen molar-refractivity contribution in [2.24, 2.45) is 0 Å². The van der Waals surface area contributed by atoms with Gasteiger partial charge in [0, 0.05) is 50.3 Å². The van der Waals surface area contributed by atoms with Gasteiger partial charge < -0.3 is 10.0 Å². The number of aliphatic hydroxyl groups excluding tert-OH is 1. The van der Waals surface area contributed by atoms with E-state index in [1.165, 1.54) is 12.1 Å². The molecule has 1 saturated carbocycles. The van der Waals surface area contributed by atoms with Gasteiger partial charge in [-0.05, 0) is 25.3 Å². The van der Waals surface area contributed by atoms with E-state index < -0.39 is 17.7 Å². The van der Waals surface area contributed by atoms with Crippen LogP contribution in [0.4, 0.5) is 8.78 Å². The molecule has 1 aromatic carbocycles.